The zero-order chi connectivity index (χ0) is 20.4. The second-order valence-electron chi connectivity index (χ2n) is 8.01. The highest BCUT2D eigenvalue weighted by Crippen LogP contribution is 2.34. The average Bonchev–Trinajstić information content (AvgIpc) is 3.19. The van der Waals surface area contributed by atoms with Gasteiger partial charge in [-0.05, 0) is 36.6 Å². The third-order valence-corrected chi connectivity index (χ3v) is 7.31. The number of sulfone groups is 1. The first-order valence-corrected chi connectivity index (χ1v) is 12.0. The number of hydrogen-bond donors (Lipinski definition) is 1. The molecule has 1 aliphatic carbocycles. The number of anilines is 1. The Balaban J connectivity index is 1.56. The van der Waals surface area contributed by atoms with E-state index in [-0.39, 0.29) is 17.4 Å². The van der Waals surface area contributed by atoms with Crippen LogP contribution in [0.4, 0.5) is 5.82 Å². The number of hydrogen-bond acceptors (Lipinski definition) is 5. The lowest BCUT2D eigenvalue weighted by Gasteiger charge is -2.21. The molecular weight excluding hydrogens is 390 g/mol. The zero-order valence-corrected chi connectivity index (χ0v) is 17.5. The molecule has 1 aromatic heterocycles. The first-order chi connectivity index (χ1) is 13.9. The number of nitrogens with one attached hydrogen (secondary N) is 1. The maximum absolute atomic E-state index is 12.7. The minimum atomic E-state index is -3.21. The van der Waals surface area contributed by atoms with E-state index in [1.165, 1.54) is 32.1 Å². The van der Waals surface area contributed by atoms with E-state index in [1.54, 1.807) is 11.8 Å². The van der Waals surface area contributed by atoms with E-state index < -0.39 is 9.84 Å². The molecule has 1 aromatic carbocycles. The fraction of sp³-hybridized carbons (Fsp3) is 0.524. The Morgan fingerprint density at radius 1 is 1.17 bits per heavy atom. The van der Waals surface area contributed by atoms with Crippen LogP contribution in [-0.4, -0.2) is 31.2 Å². The van der Waals surface area contributed by atoms with E-state index in [0.29, 0.717) is 35.2 Å². The number of amides is 1. The summed E-state index contributed by atoms with van der Waals surface area (Å²) in [6.07, 6.45) is 7.52. The van der Waals surface area contributed by atoms with Gasteiger partial charge >= 0.3 is 0 Å². The van der Waals surface area contributed by atoms with Crippen molar-refractivity contribution in [1.82, 2.24) is 9.78 Å². The molecule has 8 heteroatoms. The molecule has 1 saturated carbocycles. The van der Waals surface area contributed by atoms with E-state index in [1.807, 2.05) is 24.3 Å². The number of aromatic nitrogens is 2. The summed E-state index contributed by atoms with van der Waals surface area (Å²) in [5, 5.41) is 7.46. The van der Waals surface area contributed by atoms with Crippen LogP contribution in [0.15, 0.2) is 24.3 Å². The van der Waals surface area contributed by atoms with Gasteiger partial charge in [-0.1, -0.05) is 32.1 Å². The summed E-state index contributed by atoms with van der Waals surface area (Å²) in [6, 6.07) is 7.31. The van der Waals surface area contributed by atoms with Crippen LogP contribution in [0.5, 0.6) is 5.75 Å². The van der Waals surface area contributed by atoms with Crippen molar-refractivity contribution in [3.63, 3.8) is 0 Å². The van der Waals surface area contributed by atoms with Crippen LogP contribution in [0.1, 0.15) is 56.2 Å². The maximum Gasteiger partial charge on any atom is 0.225 e. The molecule has 156 valence electrons. The molecule has 0 radical (unpaired) electrons. The van der Waals surface area contributed by atoms with Gasteiger partial charge in [-0.25, -0.2) is 13.1 Å². The molecule has 1 aliphatic heterocycles. The standard InChI is InChI=1S/C21H27N3O4S/c1-28-17-10-8-16(9-11-17)24-21(18-13-29(26,27)14-19(18)23-24)22-20(25)12-7-15-5-3-2-4-6-15/h8-11,15H,2-7,12-14H2,1H3,(H,22,25). The molecule has 0 atom stereocenters. The van der Waals surface area contributed by atoms with Gasteiger partial charge in [-0.15, -0.1) is 0 Å². The average molecular weight is 418 g/mol. The largest absolute Gasteiger partial charge is 0.497 e. The Labute approximate surface area is 171 Å². The predicted octanol–water partition coefficient (Wildman–Crippen LogP) is 3.61. The maximum atomic E-state index is 12.7. The van der Waals surface area contributed by atoms with Crippen LogP contribution in [0, 0.1) is 5.92 Å². The highest BCUT2D eigenvalue weighted by atomic mass is 32.2. The van der Waals surface area contributed by atoms with Gasteiger partial charge in [0.1, 0.15) is 11.6 Å². The Hall–Kier alpha value is -2.35. The Kier molecular flexibility index (Phi) is 5.63. The molecular formula is C21H27N3O4S. The lowest BCUT2D eigenvalue weighted by molar-refractivity contribution is -0.116. The monoisotopic (exact) mass is 417 g/mol. The van der Waals surface area contributed by atoms with Crippen molar-refractivity contribution in [3.8, 4) is 11.4 Å². The Bertz CT molecular complexity index is 990. The lowest BCUT2D eigenvalue weighted by Crippen LogP contribution is -2.18. The summed E-state index contributed by atoms with van der Waals surface area (Å²) in [5.41, 5.74) is 1.87. The lowest BCUT2D eigenvalue weighted by atomic mass is 9.86. The number of carbonyl (C=O) groups is 1. The SMILES string of the molecule is COc1ccc(-n2nc3c(c2NC(=O)CCC2CCCCC2)CS(=O)(=O)C3)cc1. The molecule has 0 saturated heterocycles. The van der Waals surface area contributed by atoms with Crippen molar-refractivity contribution in [2.24, 2.45) is 5.92 Å². The van der Waals surface area contributed by atoms with E-state index in [9.17, 15) is 13.2 Å². The fourth-order valence-electron chi connectivity index (χ4n) is 4.29. The number of ether oxygens (including phenoxy) is 1. The van der Waals surface area contributed by atoms with Crippen LogP contribution in [0.3, 0.4) is 0 Å². The van der Waals surface area contributed by atoms with Crippen LogP contribution in [0.2, 0.25) is 0 Å². The van der Waals surface area contributed by atoms with Gasteiger partial charge in [0.15, 0.2) is 9.84 Å². The number of carbonyl (C=O) groups excluding carboxylic acids is 1. The van der Waals surface area contributed by atoms with Crippen molar-refractivity contribution in [2.45, 2.75) is 56.5 Å². The molecule has 7 nitrogen and oxygen atoms in total. The van der Waals surface area contributed by atoms with E-state index in [4.69, 9.17) is 4.74 Å². The van der Waals surface area contributed by atoms with Gasteiger partial charge in [-0.3, -0.25) is 4.79 Å². The molecule has 2 aliphatic rings. The summed E-state index contributed by atoms with van der Waals surface area (Å²) in [7, 11) is -1.61. The second-order valence-corrected chi connectivity index (χ2v) is 10.1. The van der Waals surface area contributed by atoms with Crippen LogP contribution in [-0.2, 0) is 26.1 Å². The van der Waals surface area contributed by atoms with Gasteiger partial charge in [0, 0.05) is 12.0 Å². The number of benzene rings is 1. The van der Waals surface area contributed by atoms with Gasteiger partial charge in [0.25, 0.3) is 0 Å². The second kappa shape index (κ2) is 8.18. The van der Waals surface area contributed by atoms with Crippen LogP contribution in [0.25, 0.3) is 5.69 Å². The molecule has 29 heavy (non-hydrogen) atoms. The highest BCUT2D eigenvalue weighted by molar-refractivity contribution is 7.90. The normalized spacial score (nSPS) is 18.4. The first-order valence-electron chi connectivity index (χ1n) is 10.2. The van der Waals surface area contributed by atoms with Crippen LogP contribution >= 0.6 is 0 Å². The third-order valence-electron chi connectivity index (χ3n) is 5.87. The van der Waals surface area contributed by atoms with Crippen molar-refractivity contribution in [1.29, 1.82) is 0 Å². The van der Waals surface area contributed by atoms with Gasteiger partial charge < -0.3 is 10.1 Å². The molecule has 0 unspecified atom stereocenters. The molecule has 1 amide bonds. The fourth-order valence-corrected chi connectivity index (χ4v) is 5.78. The minimum Gasteiger partial charge on any atom is -0.497 e. The Morgan fingerprint density at radius 2 is 1.90 bits per heavy atom. The topological polar surface area (TPSA) is 90.3 Å². The third kappa shape index (κ3) is 4.47. The van der Waals surface area contributed by atoms with Crippen molar-refractivity contribution < 1.29 is 17.9 Å². The van der Waals surface area contributed by atoms with Gasteiger partial charge in [0.05, 0.1) is 30.0 Å². The summed E-state index contributed by atoms with van der Waals surface area (Å²) in [5.74, 6) is 1.55. The zero-order valence-electron chi connectivity index (χ0n) is 16.7. The van der Waals surface area contributed by atoms with E-state index in [2.05, 4.69) is 10.4 Å². The van der Waals surface area contributed by atoms with E-state index in [0.717, 1.165) is 12.1 Å². The quantitative estimate of drug-likeness (QED) is 0.775. The number of methoxy groups -OCH3 is 1. The number of rotatable bonds is 6. The molecule has 2 heterocycles. The Morgan fingerprint density at radius 3 is 2.59 bits per heavy atom. The van der Waals surface area contributed by atoms with Gasteiger partial charge in [0.2, 0.25) is 5.91 Å². The highest BCUT2D eigenvalue weighted by Gasteiger charge is 2.33. The van der Waals surface area contributed by atoms with Crippen molar-refractivity contribution in [3.05, 3.63) is 35.5 Å². The summed E-state index contributed by atoms with van der Waals surface area (Å²) >= 11 is 0. The molecule has 2 aromatic rings. The summed E-state index contributed by atoms with van der Waals surface area (Å²) in [4.78, 5) is 12.7. The molecule has 4 rings (SSSR count). The van der Waals surface area contributed by atoms with Gasteiger partial charge in [-0.2, -0.15) is 5.10 Å². The number of fused-ring (bicyclic) bond motifs is 1. The van der Waals surface area contributed by atoms with Crippen molar-refractivity contribution in [2.75, 3.05) is 12.4 Å². The summed E-state index contributed by atoms with van der Waals surface area (Å²) < 4.78 is 31.0. The molecule has 0 spiro atoms. The molecule has 0 bridgehead atoms. The first kappa shape index (κ1) is 19.9. The predicted molar refractivity (Wildman–Crippen MR) is 111 cm³/mol. The summed E-state index contributed by atoms with van der Waals surface area (Å²) in [6.45, 7) is 0. The van der Waals surface area contributed by atoms with Crippen LogP contribution < -0.4 is 10.1 Å². The number of nitrogens with zero attached hydrogens (tertiary/aromatic N) is 2. The van der Waals surface area contributed by atoms with Crippen molar-refractivity contribution >= 4 is 21.6 Å². The smallest absolute Gasteiger partial charge is 0.225 e. The van der Waals surface area contributed by atoms with E-state index >= 15 is 0 Å². The molecule has 1 fully saturated rings. The molecule has 1 N–H and O–H groups in total. The minimum absolute atomic E-state index is 0.0858.